The van der Waals surface area contributed by atoms with Gasteiger partial charge in [-0.1, -0.05) is 24.3 Å². The number of alkyl halides is 7. The number of benzene rings is 2. The van der Waals surface area contributed by atoms with Crippen LogP contribution in [0.15, 0.2) is 53.4 Å². The van der Waals surface area contributed by atoms with Crippen molar-refractivity contribution in [3.63, 3.8) is 0 Å². The van der Waals surface area contributed by atoms with Crippen molar-refractivity contribution in [2.75, 3.05) is 0 Å². The van der Waals surface area contributed by atoms with E-state index in [0.29, 0.717) is 12.1 Å². The molecule has 0 bridgehead atoms. The van der Waals surface area contributed by atoms with Crippen molar-refractivity contribution in [1.82, 2.24) is 5.32 Å². The Kier molecular flexibility index (Phi) is 7.12. The smallest absolute Gasteiger partial charge is 0.352 e. The van der Waals surface area contributed by atoms with Crippen molar-refractivity contribution in [2.24, 2.45) is 5.41 Å². The second-order valence-corrected chi connectivity index (χ2v) is 11.8. The minimum absolute atomic E-state index is 0.211. The summed E-state index contributed by atoms with van der Waals surface area (Å²) in [6, 6.07) is 6.23. The number of nitriles is 1. The lowest BCUT2D eigenvalue weighted by atomic mass is 9.73. The summed E-state index contributed by atoms with van der Waals surface area (Å²) in [6.45, 7) is 2.62. The molecule has 0 spiro atoms. The molecule has 38 heavy (non-hydrogen) atoms. The fraction of sp³-hybridized carbons (Fsp3) is 0.417. The molecule has 1 aliphatic rings. The number of carbonyl (C=O) groups is 1. The Hall–Kier alpha value is -3.21. The molecule has 1 N–H and O–H groups in total. The van der Waals surface area contributed by atoms with Gasteiger partial charge in [0.2, 0.25) is 5.91 Å². The van der Waals surface area contributed by atoms with Crippen molar-refractivity contribution < 1.29 is 48.3 Å². The number of halogens is 8. The SMILES string of the molecule is CC(C)(C#N)C(=O)N[C@H]1C[C@@](c2ccc(C(F)(C(F)(F)F)C(F)(F)F)cc2)(S(=O)(=O)c2ccc(F)cc2)C1. The van der Waals surface area contributed by atoms with E-state index in [9.17, 15) is 48.3 Å². The molecular weight excluding hydrogens is 548 g/mol. The van der Waals surface area contributed by atoms with Crippen LogP contribution in [0.3, 0.4) is 0 Å². The molecule has 206 valence electrons. The first-order valence-electron chi connectivity index (χ1n) is 10.9. The number of hydrogen-bond acceptors (Lipinski definition) is 4. The van der Waals surface area contributed by atoms with E-state index >= 15 is 0 Å². The number of sulfone groups is 1. The fourth-order valence-corrected chi connectivity index (χ4v) is 6.43. The number of amides is 1. The van der Waals surface area contributed by atoms with E-state index in [4.69, 9.17) is 5.26 Å². The van der Waals surface area contributed by atoms with E-state index < -0.39 is 66.2 Å². The first-order chi connectivity index (χ1) is 17.2. The monoisotopic (exact) mass is 568 g/mol. The van der Waals surface area contributed by atoms with Gasteiger partial charge >= 0.3 is 18.0 Å². The van der Waals surface area contributed by atoms with E-state index in [0.717, 1.165) is 24.3 Å². The fourth-order valence-electron chi connectivity index (χ4n) is 4.20. The largest absolute Gasteiger partial charge is 0.435 e. The highest BCUT2D eigenvalue weighted by Gasteiger charge is 2.73. The summed E-state index contributed by atoms with van der Waals surface area (Å²) in [5.74, 6) is -1.50. The van der Waals surface area contributed by atoms with E-state index in [2.05, 4.69) is 5.32 Å². The van der Waals surface area contributed by atoms with E-state index in [1.54, 1.807) is 6.07 Å². The molecule has 2 aromatic rings. The number of rotatable bonds is 6. The lowest BCUT2D eigenvalue weighted by Gasteiger charge is -2.48. The molecular formula is C24H20F8N2O3S. The summed E-state index contributed by atoms with van der Waals surface area (Å²) in [4.78, 5) is 12.0. The first kappa shape index (κ1) is 29.3. The topological polar surface area (TPSA) is 87.0 Å². The highest BCUT2D eigenvalue weighted by atomic mass is 32.2. The maximum absolute atomic E-state index is 14.5. The maximum Gasteiger partial charge on any atom is 0.435 e. The molecule has 1 amide bonds. The molecule has 5 nitrogen and oxygen atoms in total. The highest BCUT2D eigenvalue weighted by molar-refractivity contribution is 7.92. The van der Waals surface area contributed by atoms with E-state index in [1.165, 1.54) is 13.8 Å². The molecule has 0 atom stereocenters. The lowest BCUT2D eigenvalue weighted by Crippen LogP contribution is -2.58. The van der Waals surface area contributed by atoms with Crippen molar-refractivity contribution in [1.29, 1.82) is 5.26 Å². The predicted octanol–water partition coefficient (Wildman–Crippen LogP) is 5.61. The summed E-state index contributed by atoms with van der Waals surface area (Å²) in [5.41, 5.74) is -9.24. The van der Waals surface area contributed by atoms with Crippen molar-refractivity contribution in [3.05, 3.63) is 65.5 Å². The first-order valence-corrected chi connectivity index (χ1v) is 12.4. The minimum atomic E-state index is -6.36. The van der Waals surface area contributed by atoms with Crippen LogP contribution >= 0.6 is 0 Å². The number of nitrogens with zero attached hydrogens (tertiary/aromatic N) is 1. The van der Waals surface area contributed by atoms with E-state index in [-0.39, 0.29) is 30.5 Å². The Morgan fingerprint density at radius 2 is 1.39 bits per heavy atom. The van der Waals surface area contributed by atoms with Gasteiger partial charge in [0.1, 0.15) is 16.0 Å². The summed E-state index contributed by atoms with van der Waals surface area (Å²) in [6.07, 6.45) is -13.5. The molecule has 1 aliphatic carbocycles. The Labute approximate surface area is 212 Å². The average molecular weight is 568 g/mol. The molecule has 0 aromatic heterocycles. The molecule has 0 radical (unpaired) electrons. The normalized spacial score (nSPS) is 20.8. The lowest BCUT2D eigenvalue weighted by molar-refractivity contribution is -0.348. The summed E-state index contributed by atoms with van der Waals surface area (Å²) < 4.78 is 132. The van der Waals surface area contributed by atoms with Crippen molar-refractivity contribution >= 4 is 15.7 Å². The van der Waals surface area contributed by atoms with Crippen LogP contribution < -0.4 is 5.32 Å². The van der Waals surface area contributed by atoms with Gasteiger partial charge in [-0.15, -0.1) is 0 Å². The number of nitrogens with one attached hydrogen (secondary N) is 1. The Bertz CT molecular complexity index is 1340. The molecule has 0 unspecified atom stereocenters. The van der Waals surface area contributed by atoms with E-state index in [1.807, 2.05) is 0 Å². The van der Waals surface area contributed by atoms with Crippen molar-refractivity contribution in [2.45, 2.75) is 60.4 Å². The Balaban J connectivity index is 2.08. The van der Waals surface area contributed by atoms with Crippen LogP contribution in [0.2, 0.25) is 0 Å². The van der Waals surface area contributed by atoms with Gasteiger partial charge in [-0.25, -0.2) is 17.2 Å². The molecule has 1 fully saturated rings. The van der Waals surface area contributed by atoms with Crippen LogP contribution in [-0.2, 0) is 25.0 Å². The average Bonchev–Trinajstić information content (AvgIpc) is 2.79. The second kappa shape index (κ2) is 9.21. The highest BCUT2D eigenvalue weighted by Crippen LogP contribution is 2.55. The van der Waals surface area contributed by atoms with Gasteiger partial charge < -0.3 is 5.32 Å². The van der Waals surface area contributed by atoms with Gasteiger partial charge in [0, 0.05) is 11.6 Å². The molecule has 1 saturated carbocycles. The zero-order valence-electron chi connectivity index (χ0n) is 19.7. The van der Waals surface area contributed by atoms with Crippen LogP contribution in [0.25, 0.3) is 0 Å². The van der Waals surface area contributed by atoms with Crippen molar-refractivity contribution in [3.8, 4) is 6.07 Å². The molecule has 14 heteroatoms. The maximum atomic E-state index is 14.5. The summed E-state index contributed by atoms with van der Waals surface area (Å²) in [7, 11) is -4.47. The third-order valence-corrected chi connectivity index (χ3v) is 9.05. The molecule has 2 aromatic carbocycles. The summed E-state index contributed by atoms with van der Waals surface area (Å²) >= 11 is 0. The molecule has 0 heterocycles. The predicted molar refractivity (Wildman–Crippen MR) is 117 cm³/mol. The van der Waals surface area contributed by atoms with Gasteiger partial charge in [-0.2, -0.15) is 31.6 Å². The Morgan fingerprint density at radius 3 is 1.82 bits per heavy atom. The third kappa shape index (κ3) is 4.61. The minimum Gasteiger partial charge on any atom is -0.352 e. The summed E-state index contributed by atoms with van der Waals surface area (Å²) in [5, 5.41) is 11.6. The molecule has 3 rings (SSSR count). The molecule has 0 saturated heterocycles. The van der Waals surface area contributed by atoms with Gasteiger partial charge in [0.25, 0.3) is 0 Å². The number of carbonyl (C=O) groups excluding carboxylic acids is 1. The van der Waals surface area contributed by atoms with Gasteiger partial charge in [0.05, 0.1) is 11.0 Å². The quantitative estimate of drug-likeness (QED) is 0.363. The third-order valence-electron chi connectivity index (χ3n) is 6.56. The zero-order valence-corrected chi connectivity index (χ0v) is 20.5. The zero-order chi connectivity index (χ0) is 28.9. The Morgan fingerprint density at radius 1 is 0.921 bits per heavy atom. The van der Waals surface area contributed by atoms with Gasteiger partial charge in [-0.05, 0) is 56.5 Å². The van der Waals surface area contributed by atoms with Crippen LogP contribution in [0.4, 0.5) is 35.1 Å². The van der Waals surface area contributed by atoms with Crippen LogP contribution in [0.1, 0.15) is 37.8 Å². The van der Waals surface area contributed by atoms with Crippen LogP contribution in [0, 0.1) is 22.6 Å². The van der Waals surface area contributed by atoms with Crippen LogP contribution in [0.5, 0.6) is 0 Å². The second-order valence-electron chi connectivity index (χ2n) is 9.50. The van der Waals surface area contributed by atoms with Crippen LogP contribution in [-0.4, -0.2) is 32.7 Å². The standard InChI is InChI=1S/C24H20F8N2O3S/c1-20(2,13-33)19(35)34-17-11-21(12-17,38(36,37)18-9-7-16(25)8-10-18)14-3-5-15(6-4-14)22(26,23(27,28)29)24(30,31)32/h3-10,17H,11-12H2,1-2H3,(H,34,35)/t17-,21+. The van der Waals surface area contributed by atoms with Gasteiger partial charge in [0.15, 0.2) is 9.84 Å². The number of hydrogen-bond donors (Lipinski definition) is 1. The van der Waals surface area contributed by atoms with Gasteiger partial charge in [-0.3, -0.25) is 4.79 Å². The molecule has 0 aliphatic heterocycles.